The Kier molecular flexibility index (Phi) is 4.43. The van der Waals surface area contributed by atoms with Gasteiger partial charge in [0.15, 0.2) is 11.5 Å². The van der Waals surface area contributed by atoms with Crippen molar-refractivity contribution in [1.82, 2.24) is 0 Å². The maximum atomic E-state index is 10.8. The van der Waals surface area contributed by atoms with Gasteiger partial charge in [0.05, 0.1) is 12.1 Å². The van der Waals surface area contributed by atoms with Gasteiger partial charge in [-0.15, -0.1) is 0 Å². The van der Waals surface area contributed by atoms with Crippen LogP contribution in [-0.4, -0.2) is 29.3 Å². The van der Waals surface area contributed by atoms with Crippen LogP contribution in [0.4, 0.5) is 0 Å². The number of methoxy groups -OCH3 is 1. The molecule has 0 aromatic heterocycles. The molecule has 1 aromatic rings. The van der Waals surface area contributed by atoms with Crippen LogP contribution in [-0.2, 0) is 11.2 Å². The van der Waals surface area contributed by atoms with E-state index in [2.05, 4.69) is 0 Å². The van der Waals surface area contributed by atoms with E-state index in [4.69, 9.17) is 27.2 Å². The highest BCUT2D eigenvalue weighted by molar-refractivity contribution is 6.32. The van der Waals surface area contributed by atoms with Gasteiger partial charge >= 0.3 is 5.97 Å². The molecule has 5 nitrogen and oxygen atoms in total. The van der Waals surface area contributed by atoms with Gasteiger partial charge in [-0.1, -0.05) is 11.6 Å². The molecule has 18 heavy (non-hydrogen) atoms. The summed E-state index contributed by atoms with van der Waals surface area (Å²) in [5, 5.41) is 19.3. The van der Waals surface area contributed by atoms with E-state index in [9.17, 15) is 9.90 Å². The minimum atomic E-state index is -1.13. The van der Waals surface area contributed by atoms with Crippen LogP contribution in [0.3, 0.4) is 0 Å². The summed E-state index contributed by atoms with van der Waals surface area (Å²) < 4.78 is 5.07. The van der Waals surface area contributed by atoms with Crippen LogP contribution >= 0.6 is 11.6 Å². The summed E-state index contributed by atoms with van der Waals surface area (Å²) in [5.74, 6) is -0.990. The number of halogens is 1. The Morgan fingerprint density at radius 3 is 2.44 bits per heavy atom. The molecule has 6 heteroatoms. The van der Waals surface area contributed by atoms with E-state index in [1.54, 1.807) is 13.8 Å². The Balaban J connectivity index is 3.35. The SMILES string of the molecule is COc1c(C)c(Cl)c(C)c(CC(N)C(=O)O)c1O. The first kappa shape index (κ1) is 14.6. The Labute approximate surface area is 110 Å². The van der Waals surface area contributed by atoms with Crippen molar-refractivity contribution in [2.75, 3.05) is 7.11 Å². The smallest absolute Gasteiger partial charge is 0.320 e. The zero-order valence-corrected chi connectivity index (χ0v) is 11.2. The second-order valence-corrected chi connectivity index (χ2v) is 4.45. The quantitative estimate of drug-likeness (QED) is 0.775. The summed E-state index contributed by atoms with van der Waals surface area (Å²) >= 11 is 6.12. The van der Waals surface area contributed by atoms with E-state index in [0.717, 1.165) is 0 Å². The molecular formula is C12H16ClNO4. The molecule has 0 spiro atoms. The minimum absolute atomic E-state index is 0.0106. The summed E-state index contributed by atoms with van der Waals surface area (Å²) in [6, 6.07) is -1.10. The number of phenols is 1. The van der Waals surface area contributed by atoms with Gasteiger partial charge in [0.1, 0.15) is 6.04 Å². The highest BCUT2D eigenvalue weighted by atomic mass is 35.5. The van der Waals surface area contributed by atoms with Crippen LogP contribution in [0.2, 0.25) is 5.02 Å². The fourth-order valence-electron chi connectivity index (χ4n) is 1.81. The number of hydrogen-bond donors (Lipinski definition) is 3. The lowest BCUT2D eigenvalue weighted by atomic mass is 9.97. The van der Waals surface area contributed by atoms with Crippen molar-refractivity contribution in [2.45, 2.75) is 26.3 Å². The summed E-state index contributed by atoms with van der Waals surface area (Å²) in [5.41, 5.74) is 7.10. The van der Waals surface area contributed by atoms with Crippen molar-refractivity contribution in [3.63, 3.8) is 0 Å². The molecular weight excluding hydrogens is 258 g/mol. The van der Waals surface area contributed by atoms with Gasteiger partial charge in [0.2, 0.25) is 0 Å². The average molecular weight is 274 g/mol. The molecule has 0 aliphatic carbocycles. The molecule has 4 N–H and O–H groups in total. The first-order chi connectivity index (χ1) is 8.31. The lowest BCUT2D eigenvalue weighted by Gasteiger charge is -2.18. The topological polar surface area (TPSA) is 92.8 Å². The van der Waals surface area contributed by atoms with Crippen molar-refractivity contribution in [3.8, 4) is 11.5 Å². The van der Waals surface area contributed by atoms with Crippen molar-refractivity contribution in [1.29, 1.82) is 0 Å². The predicted octanol–water partition coefficient (Wildman–Crippen LogP) is 1.63. The first-order valence-corrected chi connectivity index (χ1v) is 5.71. The maximum absolute atomic E-state index is 10.8. The van der Waals surface area contributed by atoms with Gasteiger partial charge in [-0.3, -0.25) is 4.79 Å². The van der Waals surface area contributed by atoms with Gasteiger partial charge in [-0.2, -0.15) is 0 Å². The third-order valence-corrected chi connectivity index (χ3v) is 3.46. The van der Waals surface area contributed by atoms with E-state index in [-0.39, 0.29) is 17.9 Å². The van der Waals surface area contributed by atoms with Crippen LogP contribution < -0.4 is 10.5 Å². The van der Waals surface area contributed by atoms with Gasteiger partial charge in [-0.05, 0) is 19.4 Å². The van der Waals surface area contributed by atoms with Crippen LogP contribution in [0, 0.1) is 13.8 Å². The lowest BCUT2D eigenvalue weighted by molar-refractivity contribution is -0.138. The lowest BCUT2D eigenvalue weighted by Crippen LogP contribution is -2.32. The third-order valence-electron chi connectivity index (χ3n) is 2.90. The molecule has 100 valence electrons. The summed E-state index contributed by atoms with van der Waals surface area (Å²) in [7, 11) is 1.41. The van der Waals surface area contributed by atoms with Gasteiger partial charge < -0.3 is 20.7 Å². The van der Waals surface area contributed by atoms with Crippen LogP contribution in [0.15, 0.2) is 0 Å². The molecule has 0 aliphatic rings. The molecule has 0 fully saturated rings. The third kappa shape index (κ3) is 2.52. The first-order valence-electron chi connectivity index (χ1n) is 5.34. The molecule has 0 aliphatic heterocycles. The number of nitrogens with two attached hydrogens (primary N) is 1. The highest BCUT2D eigenvalue weighted by Gasteiger charge is 2.22. The molecule has 0 amide bonds. The molecule has 1 rings (SSSR count). The Morgan fingerprint density at radius 1 is 1.44 bits per heavy atom. The number of aromatic hydroxyl groups is 1. The Hall–Kier alpha value is -1.46. The zero-order chi connectivity index (χ0) is 14.0. The second kappa shape index (κ2) is 5.46. The molecule has 0 saturated heterocycles. The van der Waals surface area contributed by atoms with E-state index >= 15 is 0 Å². The Bertz CT molecular complexity index is 488. The van der Waals surface area contributed by atoms with Crippen molar-refractivity contribution >= 4 is 17.6 Å². The predicted molar refractivity (Wildman–Crippen MR) is 68.5 cm³/mol. The molecule has 0 bridgehead atoms. The van der Waals surface area contributed by atoms with Crippen LogP contribution in [0.25, 0.3) is 0 Å². The van der Waals surface area contributed by atoms with Crippen molar-refractivity contribution in [3.05, 3.63) is 21.7 Å². The van der Waals surface area contributed by atoms with E-state index in [1.165, 1.54) is 7.11 Å². The molecule has 1 atom stereocenters. The van der Waals surface area contributed by atoms with Crippen molar-refractivity contribution < 1.29 is 19.7 Å². The zero-order valence-electron chi connectivity index (χ0n) is 10.5. The molecule has 1 aromatic carbocycles. The van der Waals surface area contributed by atoms with E-state index in [0.29, 0.717) is 21.7 Å². The Morgan fingerprint density at radius 2 is 2.00 bits per heavy atom. The van der Waals surface area contributed by atoms with Crippen molar-refractivity contribution in [2.24, 2.45) is 5.73 Å². The number of carbonyl (C=O) groups is 1. The number of carboxylic acids is 1. The highest BCUT2D eigenvalue weighted by Crippen LogP contribution is 2.41. The molecule has 1 unspecified atom stereocenters. The number of rotatable bonds is 4. The van der Waals surface area contributed by atoms with Gasteiger partial charge in [-0.25, -0.2) is 0 Å². The number of phenolic OH excluding ortho intramolecular Hbond substituents is 1. The second-order valence-electron chi connectivity index (χ2n) is 4.07. The summed E-state index contributed by atoms with van der Waals surface area (Å²) in [4.78, 5) is 10.8. The monoisotopic (exact) mass is 273 g/mol. The molecule has 0 radical (unpaired) electrons. The number of hydrogen-bond acceptors (Lipinski definition) is 4. The molecule has 0 heterocycles. The van der Waals surface area contributed by atoms with Gasteiger partial charge in [0.25, 0.3) is 0 Å². The normalized spacial score (nSPS) is 12.3. The summed E-state index contributed by atoms with van der Waals surface area (Å²) in [6.07, 6.45) is -0.0106. The van der Waals surface area contributed by atoms with E-state index < -0.39 is 12.0 Å². The van der Waals surface area contributed by atoms with Crippen LogP contribution in [0.5, 0.6) is 11.5 Å². The van der Waals surface area contributed by atoms with Gasteiger partial charge in [0, 0.05) is 17.5 Å². The fraction of sp³-hybridized carbons (Fsp3) is 0.417. The minimum Gasteiger partial charge on any atom is -0.504 e. The molecule has 0 saturated carbocycles. The average Bonchev–Trinajstić information content (AvgIpc) is 2.32. The van der Waals surface area contributed by atoms with E-state index in [1.807, 2.05) is 0 Å². The fourth-order valence-corrected chi connectivity index (χ4v) is 2.01. The standard InChI is InChI=1S/C12H16ClNO4/c1-5-7(4-8(14)12(16)17)10(15)11(18-3)6(2)9(5)13/h8,15H,4,14H2,1-3H3,(H,16,17). The number of benzene rings is 1. The number of ether oxygens (including phenoxy) is 1. The number of carboxylic acid groups (broad SMARTS) is 1. The summed E-state index contributed by atoms with van der Waals surface area (Å²) in [6.45, 7) is 3.42. The largest absolute Gasteiger partial charge is 0.504 e. The number of aliphatic carboxylic acids is 1. The van der Waals surface area contributed by atoms with Crippen LogP contribution in [0.1, 0.15) is 16.7 Å². The maximum Gasteiger partial charge on any atom is 0.320 e.